The first-order valence-electron chi connectivity index (χ1n) is 7.06. The zero-order valence-corrected chi connectivity index (χ0v) is 12.0. The maximum Gasteiger partial charge on any atom is 0.297 e. The number of rotatable bonds is 3. The number of benzene rings is 1. The minimum Gasteiger partial charge on any atom is -0.262 e. The minimum atomic E-state index is -3.60. The van der Waals surface area contributed by atoms with Crippen molar-refractivity contribution in [2.24, 2.45) is 11.8 Å². The van der Waals surface area contributed by atoms with Crippen molar-refractivity contribution in [3.05, 3.63) is 29.8 Å². The van der Waals surface area contributed by atoms with Crippen LogP contribution in [0.5, 0.6) is 0 Å². The van der Waals surface area contributed by atoms with Gasteiger partial charge >= 0.3 is 0 Å². The first kappa shape index (κ1) is 13.1. The van der Waals surface area contributed by atoms with Gasteiger partial charge in [0.1, 0.15) is 0 Å². The van der Waals surface area contributed by atoms with Crippen molar-refractivity contribution >= 4 is 10.1 Å². The molecule has 1 aromatic carbocycles. The third-order valence-corrected chi connectivity index (χ3v) is 5.86. The van der Waals surface area contributed by atoms with Gasteiger partial charge in [-0.05, 0) is 56.6 Å². The first-order valence-corrected chi connectivity index (χ1v) is 8.47. The first-order chi connectivity index (χ1) is 9.06. The molecule has 0 spiro atoms. The lowest BCUT2D eigenvalue weighted by atomic mass is 9.86. The second-order valence-corrected chi connectivity index (χ2v) is 7.43. The molecule has 3 rings (SSSR count). The number of fused-ring (bicyclic) bond motifs is 2. The predicted octanol–water partition coefficient (Wildman–Crippen LogP) is 3.28. The van der Waals surface area contributed by atoms with Crippen molar-refractivity contribution in [1.82, 2.24) is 0 Å². The molecule has 0 aliphatic heterocycles. The van der Waals surface area contributed by atoms with Crippen LogP contribution in [0.15, 0.2) is 29.2 Å². The summed E-state index contributed by atoms with van der Waals surface area (Å²) in [6.07, 6.45) is 5.62. The summed E-state index contributed by atoms with van der Waals surface area (Å²) < 4.78 is 30.2. The average molecular weight is 280 g/mol. The Labute approximate surface area is 115 Å². The van der Waals surface area contributed by atoms with Gasteiger partial charge < -0.3 is 0 Å². The van der Waals surface area contributed by atoms with Crippen LogP contribution in [0.1, 0.15) is 37.7 Å². The van der Waals surface area contributed by atoms with E-state index >= 15 is 0 Å². The summed E-state index contributed by atoms with van der Waals surface area (Å²) >= 11 is 0. The van der Waals surface area contributed by atoms with E-state index in [1.165, 1.54) is 6.42 Å². The molecule has 4 heteroatoms. The summed E-state index contributed by atoms with van der Waals surface area (Å²) in [5.41, 5.74) is 1.05. The van der Waals surface area contributed by atoms with E-state index in [1.807, 2.05) is 19.1 Å². The van der Waals surface area contributed by atoms with E-state index in [1.54, 1.807) is 12.1 Å². The van der Waals surface area contributed by atoms with E-state index < -0.39 is 10.1 Å². The standard InChI is InChI=1S/C15H20O3S/c1-11-5-9-14(10-6-11)19(16,17)18-15-12-3-2-4-13(15)8-7-12/h5-6,9-10,12-13,15H,2-4,7-8H2,1H3/t12-,13-/m0/s1. The van der Waals surface area contributed by atoms with Gasteiger partial charge in [0.05, 0.1) is 11.0 Å². The van der Waals surface area contributed by atoms with Gasteiger partial charge in [-0.3, -0.25) is 4.18 Å². The van der Waals surface area contributed by atoms with Crippen LogP contribution in [-0.4, -0.2) is 14.5 Å². The van der Waals surface area contributed by atoms with Gasteiger partial charge in [-0.2, -0.15) is 8.42 Å². The summed E-state index contributed by atoms with van der Waals surface area (Å²) in [5, 5.41) is 0. The second kappa shape index (κ2) is 4.91. The lowest BCUT2D eigenvalue weighted by Gasteiger charge is -2.29. The van der Waals surface area contributed by atoms with Crippen LogP contribution in [-0.2, 0) is 14.3 Å². The Morgan fingerprint density at radius 3 is 2.16 bits per heavy atom. The largest absolute Gasteiger partial charge is 0.297 e. The lowest BCUT2D eigenvalue weighted by Crippen LogP contribution is -2.31. The van der Waals surface area contributed by atoms with Gasteiger partial charge in [-0.1, -0.05) is 24.1 Å². The summed E-state index contributed by atoms with van der Waals surface area (Å²) in [4.78, 5) is 0.281. The molecule has 2 aliphatic carbocycles. The quantitative estimate of drug-likeness (QED) is 0.798. The van der Waals surface area contributed by atoms with Crippen molar-refractivity contribution in [2.45, 2.75) is 50.0 Å². The lowest BCUT2D eigenvalue weighted by molar-refractivity contribution is 0.0898. The van der Waals surface area contributed by atoms with Crippen LogP contribution in [0.2, 0.25) is 0 Å². The molecule has 104 valence electrons. The average Bonchev–Trinajstić information content (AvgIpc) is 2.62. The molecule has 2 aliphatic rings. The minimum absolute atomic E-state index is 0.0833. The number of hydrogen-bond donors (Lipinski definition) is 0. The normalized spacial score (nSPS) is 30.5. The molecule has 2 atom stereocenters. The molecule has 0 amide bonds. The molecule has 0 heterocycles. The van der Waals surface area contributed by atoms with Crippen molar-refractivity contribution in [1.29, 1.82) is 0 Å². The SMILES string of the molecule is Cc1ccc(S(=O)(=O)OC2[C@H]3CCC[C@H]2CC3)cc1. The number of hydrogen-bond acceptors (Lipinski definition) is 3. The topological polar surface area (TPSA) is 43.4 Å². The Bertz CT molecular complexity index is 531. The molecule has 1 aromatic rings. The Balaban J connectivity index is 1.80. The molecule has 0 radical (unpaired) electrons. The molecule has 19 heavy (non-hydrogen) atoms. The van der Waals surface area contributed by atoms with Gasteiger partial charge in [-0.15, -0.1) is 0 Å². The monoisotopic (exact) mass is 280 g/mol. The fourth-order valence-electron chi connectivity index (χ4n) is 3.46. The molecular formula is C15H20O3S. The van der Waals surface area contributed by atoms with Crippen LogP contribution in [0.25, 0.3) is 0 Å². The second-order valence-electron chi connectivity index (χ2n) is 5.86. The molecule has 3 nitrogen and oxygen atoms in total. The highest BCUT2D eigenvalue weighted by atomic mass is 32.2. The van der Waals surface area contributed by atoms with E-state index in [0.717, 1.165) is 31.2 Å². The van der Waals surface area contributed by atoms with Gasteiger partial charge in [0.15, 0.2) is 0 Å². The third-order valence-electron chi connectivity index (χ3n) is 4.53. The molecule has 0 unspecified atom stereocenters. The smallest absolute Gasteiger partial charge is 0.262 e. The zero-order valence-electron chi connectivity index (χ0n) is 11.2. The third kappa shape index (κ3) is 2.56. The molecule has 0 N–H and O–H groups in total. The van der Waals surface area contributed by atoms with Crippen LogP contribution in [0.4, 0.5) is 0 Å². The van der Waals surface area contributed by atoms with Crippen LogP contribution in [0, 0.1) is 18.8 Å². The zero-order chi connectivity index (χ0) is 13.5. The highest BCUT2D eigenvalue weighted by Gasteiger charge is 2.42. The Hall–Kier alpha value is -0.870. The van der Waals surface area contributed by atoms with Gasteiger partial charge in [0.2, 0.25) is 0 Å². The van der Waals surface area contributed by atoms with E-state index in [4.69, 9.17) is 4.18 Å². The Kier molecular flexibility index (Phi) is 3.39. The van der Waals surface area contributed by atoms with Gasteiger partial charge in [-0.25, -0.2) is 0 Å². The van der Waals surface area contributed by atoms with Crippen molar-refractivity contribution < 1.29 is 12.6 Å². The van der Waals surface area contributed by atoms with E-state index in [-0.39, 0.29) is 11.0 Å². The van der Waals surface area contributed by atoms with Crippen LogP contribution >= 0.6 is 0 Å². The Morgan fingerprint density at radius 2 is 1.58 bits per heavy atom. The fourth-order valence-corrected chi connectivity index (χ4v) is 4.65. The molecule has 0 aromatic heterocycles. The molecule has 0 saturated heterocycles. The van der Waals surface area contributed by atoms with E-state index in [0.29, 0.717) is 11.8 Å². The van der Waals surface area contributed by atoms with Crippen molar-refractivity contribution in [2.75, 3.05) is 0 Å². The molecule has 2 bridgehead atoms. The Morgan fingerprint density at radius 1 is 1.00 bits per heavy atom. The van der Waals surface area contributed by atoms with Crippen LogP contribution < -0.4 is 0 Å². The van der Waals surface area contributed by atoms with Crippen molar-refractivity contribution in [3.63, 3.8) is 0 Å². The molecular weight excluding hydrogens is 260 g/mol. The molecule has 2 saturated carbocycles. The number of aryl methyl sites for hydroxylation is 1. The predicted molar refractivity (Wildman–Crippen MR) is 73.3 cm³/mol. The summed E-state index contributed by atoms with van der Waals surface area (Å²) in [7, 11) is -3.60. The van der Waals surface area contributed by atoms with Gasteiger partial charge in [0, 0.05) is 0 Å². The maximum atomic E-state index is 12.3. The van der Waals surface area contributed by atoms with Crippen LogP contribution in [0.3, 0.4) is 0 Å². The van der Waals surface area contributed by atoms with Gasteiger partial charge in [0.25, 0.3) is 10.1 Å². The summed E-state index contributed by atoms with van der Waals surface area (Å²) in [6, 6.07) is 6.89. The van der Waals surface area contributed by atoms with E-state index in [2.05, 4.69) is 0 Å². The van der Waals surface area contributed by atoms with Crippen molar-refractivity contribution in [3.8, 4) is 0 Å². The fraction of sp³-hybridized carbons (Fsp3) is 0.600. The highest BCUT2D eigenvalue weighted by Crippen LogP contribution is 2.44. The molecule has 2 fully saturated rings. The highest BCUT2D eigenvalue weighted by molar-refractivity contribution is 7.86. The summed E-state index contributed by atoms with van der Waals surface area (Å²) in [5.74, 6) is 0.887. The maximum absolute atomic E-state index is 12.3. The van der Waals surface area contributed by atoms with E-state index in [9.17, 15) is 8.42 Å². The summed E-state index contributed by atoms with van der Waals surface area (Å²) in [6.45, 7) is 1.94.